The lowest BCUT2D eigenvalue weighted by Gasteiger charge is -2.27. The number of carbonyl (C=O) groups is 1. The van der Waals surface area contributed by atoms with Crippen LogP contribution in [0.1, 0.15) is 29.4 Å². The standard InChI is InChI=1S/C18H25N5O.2ClH/c1-14(24)20-11-17-10-18-13-22(7-8-23(18)21-17)12-16-4-2-3-15(9-16)5-6-19;;/h2-4,9-10H,5-8,11-13,19H2,1H3,(H,20,24);2*1H. The number of halogens is 2. The highest BCUT2D eigenvalue weighted by Crippen LogP contribution is 2.17. The summed E-state index contributed by atoms with van der Waals surface area (Å²) in [6.07, 6.45) is 0.924. The van der Waals surface area contributed by atoms with Crippen molar-refractivity contribution in [3.05, 3.63) is 52.8 Å². The summed E-state index contributed by atoms with van der Waals surface area (Å²) in [4.78, 5) is 13.5. The molecular weight excluding hydrogens is 373 g/mol. The number of fused-ring (bicyclic) bond motifs is 1. The average molecular weight is 400 g/mol. The average Bonchev–Trinajstić information content (AvgIpc) is 2.96. The number of benzene rings is 1. The first-order valence-electron chi connectivity index (χ1n) is 8.44. The van der Waals surface area contributed by atoms with E-state index in [-0.39, 0.29) is 30.7 Å². The highest BCUT2D eigenvalue weighted by molar-refractivity contribution is 5.85. The van der Waals surface area contributed by atoms with Gasteiger partial charge in [-0.25, -0.2) is 0 Å². The van der Waals surface area contributed by atoms with E-state index in [1.807, 2.05) is 0 Å². The summed E-state index contributed by atoms with van der Waals surface area (Å²) >= 11 is 0. The van der Waals surface area contributed by atoms with Gasteiger partial charge in [0.15, 0.2) is 0 Å². The van der Waals surface area contributed by atoms with Gasteiger partial charge in [0.2, 0.25) is 5.91 Å². The molecule has 3 N–H and O–H groups in total. The van der Waals surface area contributed by atoms with Crippen molar-refractivity contribution < 1.29 is 4.79 Å². The zero-order chi connectivity index (χ0) is 16.9. The first-order valence-corrected chi connectivity index (χ1v) is 8.44. The van der Waals surface area contributed by atoms with Crippen molar-refractivity contribution >= 4 is 30.7 Å². The number of nitrogens with two attached hydrogens (primary N) is 1. The summed E-state index contributed by atoms with van der Waals surface area (Å²) in [5.74, 6) is -0.0278. The second-order valence-corrected chi connectivity index (χ2v) is 6.33. The van der Waals surface area contributed by atoms with Crippen LogP contribution in [0.2, 0.25) is 0 Å². The quantitative estimate of drug-likeness (QED) is 0.777. The Bertz CT molecular complexity index is 719. The maximum absolute atomic E-state index is 11.0. The molecule has 0 atom stereocenters. The fraction of sp³-hybridized carbons (Fsp3) is 0.444. The number of hydrogen-bond donors (Lipinski definition) is 2. The Morgan fingerprint density at radius 1 is 1.23 bits per heavy atom. The number of hydrogen-bond acceptors (Lipinski definition) is 4. The normalized spacial score (nSPS) is 13.3. The molecule has 1 aliphatic rings. The van der Waals surface area contributed by atoms with Crippen molar-refractivity contribution in [3.63, 3.8) is 0 Å². The molecule has 8 heteroatoms. The van der Waals surface area contributed by atoms with E-state index < -0.39 is 0 Å². The van der Waals surface area contributed by atoms with Crippen LogP contribution in [0, 0.1) is 0 Å². The van der Waals surface area contributed by atoms with Crippen LogP contribution in [0.15, 0.2) is 30.3 Å². The van der Waals surface area contributed by atoms with E-state index in [0.29, 0.717) is 13.1 Å². The van der Waals surface area contributed by atoms with Gasteiger partial charge < -0.3 is 11.1 Å². The fourth-order valence-corrected chi connectivity index (χ4v) is 3.12. The van der Waals surface area contributed by atoms with Crippen LogP contribution in [0.4, 0.5) is 0 Å². The zero-order valence-electron chi connectivity index (χ0n) is 15.0. The Hall–Kier alpha value is -1.60. The van der Waals surface area contributed by atoms with Crippen molar-refractivity contribution in [2.24, 2.45) is 5.73 Å². The van der Waals surface area contributed by atoms with Gasteiger partial charge in [0.05, 0.1) is 24.5 Å². The Morgan fingerprint density at radius 2 is 2.00 bits per heavy atom. The predicted octanol–water partition coefficient (Wildman–Crippen LogP) is 1.88. The van der Waals surface area contributed by atoms with Crippen LogP contribution in [-0.4, -0.2) is 33.7 Å². The molecule has 0 aliphatic carbocycles. The van der Waals surface area contributed by atoms with Gasteiger partial charge in [-0.2, -0.15) is 5.10 Å². The smallest absolute Gasteiger partial charge is 0.217 e. The van der Waals surface area contributed by atoms with Gasteiger partial charge in [0, 0.05) is 26.6 Å². The van der Waals surface area contributed by atoms with Gasteiger partial charge in [0.1, 0.15) is 0 Å². The fourth-order valence-electron chi connectivity index (χ4n) is 3.12. The molecular formula is C18H27Cl2N5O. The molecule has 6 nitrogen and oxygen atoms in total. The Labute approximate surface area is 166 Å². The summed E-state index contributed by atoms with van der Waals surface area (Å²) in [5, 5.41) is 7.37. The number of rotatable bonds is 6. The topological polar surface area (TPSA) is 76.2 Å². The van der Waals surface area contributed by atoms with Gasteiger partial charge in [0.25, 0.3) is 0 Å². The summed E-state index contributed by atoms with van der Waals surface area (Å²) in [5.41, 5.74) is 10.4. The number of amides is 1. The molecule has 26 heavy (non-hydrogen) atoms. The zero-order valence-corrected chi connectivity index (χ0v) is 16.6. The third-order valence-electron chi connectivity index (χ3n) is 4.28. The van der Waals surface area contributed by atoms with E-state index >= 15 is 0 Å². The second-order valence-electron chi connectivity index (χ2n) is 6.33. The number of carbonyl (C=O) groups excluding carboxylic acids is 1. The molecule has 0 radical (unpaired) electrons. The largest absolute Gasteiger partial charge is 0.351 e. The molecule has 0 saturated heterocycles. The van der Waals surface area contributed by atoms with E-state index in [2.05, 4.69) is 50.3 Å². The van der Waals surface area contributed by atoms with E-state index in [1.54, 1.807) is 0 Å². The molecule has 0 fully saturated rings. The minimum absolute atomic E-state index is 0. The molecule has 0 saturated carbocycles. The molecule has 0 unspecified atom stereocenters. The lowest BCUT2D eigenvalue weighted by molar-refractivity contribution is -0.119. The lowest BCUT2D eigenvalue weighted by atomic mass is 10.1. The van der Waals surface area contributed by atoms with Crippen molar-refractivity contribution in [3.8, 4) is 0 Å². The Morgan fingerprint density at radius 3 is 2.73 bits per heavy atom. The van der Waals surface area contributed by atoms with Crippen molar-refractivity contribution in [2.75, 3.05) is 13.1 Å². The highest BCUT2D eigenvalue weighted by Gasteiger charge is 2.18. The van der Waals surface area contributed by atoms with Crippen LogP contribution in [0.25, 0.3) is 0 Å². The molecule has 1 aliphatic heterocycles. The second kappa shape index (κ2) is 10.5. The van der Waals surface area contributed by atoms with Gasteiger partial charge in [-0.05, 0) is 30.2 Å². The lowest BCUT2D eigenvalue weighted by Crippen LogP contribution is -2.33. The molecule has 1 aromatic heterocycles. The first-order chi connectivity index (χ1) is 11.6. The minimum Gasteiger partial charge on any atom is -0.351 e. The Balaban J connectivity index is 0.00000169. The number of nitrogens with zero attached hydrogens (tertiary/aromatic N) is 3. The molecule has 0 spiro atoms. The third-order valence-corrected chi connectivity index (χ3v) is 4.28. The van der Waals surface area contributed by atoms with Gasteiger partial charge >= 0.3 is 0 Å². The van der Waals surface area contributed by atoms with E-state index in [1.165, 1.54) is 23.7 Å². The molecule has 2 heterocycles. The van der Waals surface area contributed by atoms with Crippen LogP contribution < -0.4 is 11.1 Å². The minimum atomic E-state index is -0.0278. The molecule has 2 aromatic rings. The summed E-state index contributed by atoms with van der Waals surface area (Å²) in [6, 6.07) is 10.8. The SMILES string of the molecule is CC(=O)NCc1cc2n(n1)CCN(Cc1cccc(CCN)c1)C2.Cl.Cl. The molecule has 1 aromatic carbocycles. The van der Waals surface area contributed by atoms with E-state index in [4.69, 9.17) is 5.73 Å². The van der Waals surface area contributed by atoms with Crippen molar-refractivity contribution in [1.82, 2.24) is 20.0 Å². The van der Waals surface area contributed by atoms with Crippen LogP contribution in [0.3, 0.4) is 0 Å². The van der Waals surface area contributed by atoms with Crippen molar-refractivity contribution in [2.45, 2.75) is 39.5 Å². The van der Waals surface area contributed by atoms with Crippen LogP contribution >= 0.6 is 24.8 Å². The molecule has 0 bridgehead atoms. The maximum atomic E-state index is 11.0. The third kappa shape index (κ3) is 5.99. The van der Waals surface area contributed by atoms with Crippen LogP contribution in [-0.2, 0) is 37.4 Å². The summed E-state index contributed by atoms with van der Waals surface area (Å²) in [7, 11) is 0. The monoisotopic (exact) mass is 399 g/mol. The molecule has 144 valence electrons. The first kappa shape index (κ1) is 22.4. The number of aromatic nitrogens is 2. The van der Waals surface area contributed by atoms with Gasteiger partial charge in [-0.3, -0.25) is 14.4 Å². The summed E-state index contributed by atoms with van der Waals surface area (Å²) < 4.78 is 2.05. The van der Waals surface area contributed by atoms with Crippen LogP contribution in [0.5, 0.6) is 0 Å². The van der Waals surface area contributed by atoms with Gasteiger partial charge in [-0.15, -0.1) is 24.8 Å². The maximum Gasteiger partial charge on any atom is 0.217 e. The highest BCUT2D eigenvalue weighted by atomic mass is 35.5. The summed E-state index contributed by atoms with van der Waals surface area (Å²) in [6.45, 7) is 6.39. The predicted molar refractivity (Wildman–Crippen MR) is 108 cm³/mol. The number of nitrogens with one attached hydrogen (secondary N) is 1. The Kier molecular flexibility index (Phi) is 9.08. The van der Waals surface area contributed by atoms with Crippen molar-refractivity contribution in [1.29, 1.82) is 0 Å². The van der Waals surface area contributed by atoms with E-state index in [0.717, 1.165) is 38.3 Å². The van der Waals surface area contributed by atoms with E-state index in [9.17, 15) is 4.79 Å². The molecule has 3 rings (SSSR count). The molecule has 1 amide bonds. The van der Waals surface area contributed by atoms with Gasteiger partial charge in [-0.1, -0.05) is 24.3 Å².